The van der Waals surface area contributed by atoms with Crippen molar-refractivity contribution in [3.63, 3.8) is 0 Å². The summed E-state index contributed by atoms with van der Waals surface area (Å²) in [4.78, 5) is 0. The molecule has 0 fully saturated rings. The van der Waals surface area contributed by atoms with E-state index in [4.69, 9.17) is 5.73 Å². The van der Waals surface area contributed by atoms with E-state index in [1.54, 1.807) is 6.07 Å². The van der Waals surface area contributed by atoms with Crippen molar-refractivity contribution in [3.05, 3.63) is 35.4 Å². The van der Waals surface area contributed by atoms with E-state index >= 15 is 0 Å². The van der Waals surface area contributed by atoms with Crippen LogP contribution in [0.25, 0.3) is 5.57 Å². The van der Waals surface area contributed by atoms with Gasteiger partial charge in [-0.3, -0.25) is 0 Å². The predicted octanol–water partition coefficient (Wildman–Crippen LogP) is 2.66. The molecule has 5 heteroatoms. The number of nitrogen functional groups attached to an aromatic ring is 1. The summed E-state index contributed by atoms with van der Waals surface area (Å²) in [5.41, 5.74) is 6.47. The first kappa shape index (κ1) is 12.0. The molecular formula is C12H13F3N2. The third-order valence-corrected chi connectivity index (χ3v) is 2.72. The first-order valence-corrected chi connectivity index (χ1v) is 5.35. The average Bonchev–Trinajstić information content (AvgIpc) is 2.28. The van der Waals surface area contributed by atoms with Crippen LogP contribution < -0.4 is 11.1 Å². The fourth-order valence-corrected chi connectivity index (χ4v) is 1.89. The highest BCUT2D eigenvalue weighted by Crippen LogP contribution is 2.33. The van der Waals surface area contributed by atoms with Crippen molar-refractivity contribution in [2.45, 2.75) is 12.6 Å². The Kier molecular flexibility index (Phi) is 3.11. The van der Waals surface area contributed by atoms with Crippen molar-refractivity contribution in [1.82, 2.24) is 5.32 Å². The van der Waals surface area contributed by atoms with Gasteiger partial charge in [-0.25, -0.2) is 0 Å². The number of hydrogen-bond donors (Lipinski definition) is 2. The van der Waals surface area contributed by atoms with Gasteiger partial charge in [0.15, 0.2) is 0 Å². The molecule has 2 nitrogen and oxygen atoms in total. The van der Waals surface area contributed by atoms with E-state index in [1.807, 2.05) is 6.08 Å². The largest absolute Gasteiger partial charge is 0.416 e. The highest BCUT2D eigenvalue weighted by Gasteiger charge is 2.31. The zero-order valence-corrected chi connectivity index (χ0v) is 9.14. The number of anilines is 1. The van der Waals surface area contributed by atoms with E-state index in [0.29, 0.717) is 12.1 Å². The van der Waals surface area contributed by atoms with Crippen LogP contribution in [0.5, 0.6) is 0 Å². The standard InChI is InChI=1S/C12H13F3N2/c13-12(14,15)10-5-9(6-11(16)7-10)8-1-3-17-4-2-8/h1,5-7,17H,2-4,16H2. The van der Waals surface area contributed by atoms with E-state index in [2.05, 4.69) is 5.32 Å². The van der Waals surface area contributed by atoms with Gasteiger partial charge in [0.1, 0.15) is 0 Å². The first-order chi connectivity index (χ1) is 7.97. The minimum absolute atomic E-state index is 0.147. The van der Waals surface area contributed by atoms with Crippen LogP contribution in [-0.2, 0) is 6.18 Å². The SMILES string of the molecule is Nc1cc(C2=CCNCC2)cc(C(F)(F)F)c1. The molecule has 0 amide bonds. The number of halogens is 3. The summed E-state index contributed by atoms with van der Waals surface area (Å²) < 4.78 is 37.9. The average molecular weight is 242 g/mol. The van der Waals surface area contributed by atoms with E-state index in [-0.39, 0.29) is 5.69 Å². The molecular weight excluding hydrogens is 229 g/mol. The van der Waals surface area contributed by atoms with Crippen molar-refractivity contribution in [3.8, 4) is 0 Å². The van der Waals surface area contributed by atoms with Crippen LogP contribution in [0, 0.1) is 0 Å². The van der Waals surface area contributed by atoms with Gasteiger partial charge in [-0.15, -0.1) is 0 Å². The molecule has 3 N–H and O–H groups in total. The van der Waals surface area contributed by atoms with Crippen LogP contribution in [0.3, 0.4) is 0 Å². The fourth-order valence-electron chi connectivity index (χ4n) is 1.89. The molecule has 17 heavy (non-hydrogen) atoms. The molecule has 0 saturated carbocycles. The third kappa shape index (κ3) is 2.79. The van der Waals surface area contributed by atoms with Crippen LogP contribution in [-0.4, -0.2) is 13.1 Å². The van der Waals surface area contributed by atoms with Gasteiger partial charge in [-0.2, -0.15) is 13.2 Å². The van der Waals surface area contributed by atoms with Gasteiger partial charge in [-0.05, 0) is 42.3 Å². The number of nitrogens with one attached hydrogen (secondary N) is 1. The van der Waals surface area contributed by atoms with E-state index in [9.17, 15) is 13.2 Å². The Balaban J connectivity index is 2.41. The third-order valence-electron chi connectivity index (χ3n) is 2.72. The maximum atomic E-state index is 12.6. The second-order valence-corrected chi connectivity index (χ2v) is 4.02. The lowest BCUT2D eigenvalue weighted by Crippen LogP contribution is -2.20. The van der Waals surface area contributed by atoms with Gasteiger partial charge >= 0.3 is 6.18 Å². The van der Waals surface area contributed by atoms with Gasteiger partial charge in [0.05, 0.1) is 5.56 Å². The Morgan fingerprint density at radius 1 is 1.18 bits per heavy atom. The molecule has 0 bridgehead atoms. The smallest absolute Gasteiger partial charge is 0.399 e. The van der Waals surface area contributed by atoms with Gasteiger partial charge in [0.2, 0.25) is 0 Å². The molecule has 1 heterocycles. The Morgan fingerprint density at radius 2 is 1.94 bits per heavy atom. The zero-order valence-electron chi connectivity index (χ0n) is 9.14. The topological polar surface area (TPSA) is 38.0 Å². The Hall–Kier alpha value is -1.49. The molecule has 92 valence electrons. The van der Waals surface area contributed by atoms with Crippen LogP contribution >= 0.6 is 0 Å². The molecule has 0 radical (unpaired) electrons. The molecule has 1 aromatic carbocycles. The maximum absolute atomic E-state index is 12.6. The van der Waals surface area contributed by atoms with Crippen LogP contribution in [0.15, 0.2) is 24.3 Å². The van der Waals surface area contributed by atoms with Gasteiger partial charge in [0.25, 0.3) is 0 Å². The molecule has 0 atom stereocenters. The molecule has 2 rings (SSSR count). The van der Waals surface area contributed by atoms with E-state index in [0.717, 1.165) is 30.7 Å². The summed E-state index contributed by atoms with van der Waals surface area (Å²) in [6, 6.07) is 3.71. The lowest BCUT2D eigenvalue weighted by atomic mass is 9.97. The molecule has 0 saturated heterocycles. The molecule has 1 aliphatic heterocycles. The summed E-state index contributed by atoms with van der Waals surface area (Å²) in [5, 5.41) is 3.11. The lowest BCUT2D eigenvalue weighted by Gasteiger charge is -2.16. The molecule has 0 aromatic heterocycles. The van der Waals surface area contributed by atoms with Crippen LogP contribution in [0.4, 0.5) is 18.9 Å². The highest BCUT2D eigenvalue weighted by atomic mass is 19.4. The number of rotatable bonds is 1. The van der Waals surface area contributed by atoms with Crippen LogP contribution in [0.2, 0.25) is 0 Å². The summed E-state index contributed by atoms with van der Waals surface area (Å²) in [6.07, 6.45) is -1.73. The molecule has 0 aliphatic carbocycles. The lowest BCUT2D eigenvalue weighted by molar-refractivity contribution is -0.137. The van der Waals surface area contributed by atoms with Crippen molar-refractivity contribution < 1.29 is 13.2 Å². The molecule has 0 spiro atoms. The highest BCUT2D eigenvalue weighted by molar-refractivity contribution is 5.70. The maximum Gasteiger partial charge on any atom is 0.416 e. The van der Waals surface area contributed by atoms with Gasteiger partial charge < -0.3 is 11.1 Å². The normalized spacial score (nSPS) is 16.8. The van der Waals surface area contributed by atoms with Gasteiger partial charge in [-0.1, -0.05) is 6.08 Å². The summed E-state index contributed by atoms with van der Waals surface area (Å²) in [6.45, 7) is 1.47. The van der Waals surface area contributed by atoms with Crippen molar-refractivity contribution in [2.24, 2.45) is 0 Å². The monoisotopic (exact) mass is 242 g/mol. The first-order valence-electron chi connectivity index (χ1n) is 5.35. The molecule has 0 unspecified atom stereocenters. The summed E-state index contributed by atoms with van der Waals surface area (Å²) in [7, 11) is 0. The molecule has 1 aliphatic rings. The van der Waals surface area contributed by atoms with E-state index in [1.165, 1.54) is 0 Å². The fraction of sp³-hybridized carbons (Fsp3) is 0.333. The predicted molar refractivity (Wildman–Crippen MR) is 61.3 cm³/mol. The van der Waals surface area contributed by atoms with Crippen molar-refractivity contribution >= 4 is 11.3 Å². The minimum atomic E-state index is -4.35. The second kappa shape index (κ2) is 4.41. The minimum Gasteiger partial charge on any atom is -0.399 e. The molecule has 1 aromatic rings. The summed E-state index contributed by atoms with van der Waals surface area (Å²) >= 11 is 0. The summed E-state index contributed by atoms with van der Waals surface area (Å²) in [5.74, 6) is 0. The number of alkyl halides is 3. The van der Waals surface area contributed by atoms with Crippen molar-refractivity contribution in [1.29, 1.82) is 0 Å². The Morgan fingerprint density at radius 3 is 2.53 bits per heavy atom. The van der Waals surface area contributed by atoms with E-state index < -0.39 is 11.7 Å². The van der Waals surface area contributed by atoms with Crippen LogP contribution in [0.1, 0.15) is 17.5 Å². The number of nitrogens with two attached hydrogens (primary N) is 1. The van der Waals surface area contributed by atoms with Crippen molar-refractivity contribution in [2.75, 3.05) is 18.8 Å². The van der Waals surface area contributed by atoms with Gasteiger partial charge in [0, 0.05) is 12.2 Å². The Bertz CT molecular complexity index is 450. The second-order valence-electron chi connectivity index (χ2n) is 4.02. The number of hydrogen-bond acceptors (Lipinski definition) is 2. The zero-order chi connectivity index (χ0) is 12.5. The Labute approximate surface area is 97.3 Å². The quantitative estimate of drug-likeness (QED) is 0.743. The number of benzene rings is 1.